The smallest absolute Gasteiger partial charge is 0.287 e. The molecule has 1 aliphatic rings. The number of hydrogen-bond donors (Lipinski definition) is 2. The lowest BCUT2D eigenvalue weighted by atomic mass is 10.1. The SMILES string of the molecule is COc1cccc(CCNC(=O)C2=NS(=O)(=O)c3cc(I)ccc3N2)c1. The molecule has 0 saturated carbocycles. The minimum Gasteiger partial charge on any atom is -0.497 e. The van der Waals surface area contributed by atoms with Crippen LogP contribution in [0.3, 0.4) is 0 Å². The normalized spacial score (nSPS) is 14.6. The number of fused-ring (bicyclic) bond motifs is 1. The molecule has 0 unspecified atom stereocenters. The maximum absolute atomic E-state index is 12.3. The summed E-state index contributed by atoms with van der Waals surface area (Å²) in [5.74, 6) is -0.0606. The number of rotatable bonds is 5. The number of sulfonamides is 1. The molecule has 9 heteroatoms. The van der Waals surface area contributed by atoms with Crippen molar-refractivity contribution in [2.75, 3.05) is 19.0 Å². The van der Waals surface area contributed by atoms with Gasteiger partial charge in [-0.25, -0.2) is 0 Å². The van der Waals surface area contributed by atoms with Crippen molar-refractivity contribution in [1.29, 1.82) is 0 Å². The van der Waals surface area contributed by atoms with Crippen molar-refractivity contribution in [1.82, 2.24) is 5.32 Å². The number of ether oxygens (including phenoxy) is 1. The molecule has 2 N–H and O–H groups in total. The molecule has 1 aliphatic heterocycles. The minimum absolute atomic E-state index is 0.0670. The zero-order valence-corrected chi connectivity index (χ0v) is 16.8. The summed E-state index contributed by atoms with van der Waals surface area (Å²) in [7, 11) is -2.31. The molecule has 0 radical (unpaired) electrons. The molecule has 1 amide bonds. The highest BCUT2D eigenvalue weighted by Gasteiger charge is 2.28. The second kappa shape index (κ2) is 7.62. The van der Waals surface area contributed by atoms with Crippen molar-refractivity contribution in [2.24, 2.45) is 4.40 Å². The van der Waals surface area contributed by atoms with Crippen molar-refractivity contribution in [3.63, 3.8) is 0 Å². The Morgan fingerprint density at radius 3 is 2.85 bits per heavy atom. The fourth-order valence-electron chi connectivity index (χ4n) is 2.46. The Hall–Kier alpha value is -2.14. The Morgan fingerprint density at radius 1 is 1.27 bits per heavy atom. The van der Waals surface area contributed by atoms with E-state index in [0.717, 1.165) is 14.9 Å². The summed E-state index contributed by atoms with van der Waals surface area (Å²) >= 11 is 2.02. The van der Waals surface area contributed by atoms with Gasteiger partial charge in [-0.1, -0.05) is 12.1 Å². The largest absolute Gasteiger partial charge is 0.497 e. The van der Waals surface area contributed by atoms with Crippen LogP contribution in [0.2, 0.25) is 0 Å². The summed E-state index contributed by atoms with van der Waals surface area (Å²) in [6.07, 6.45) is 0.581. The van der Waals surface area contributed by atoms with Crippen LogP contribution in [0.4, 0.5) is 5.69 Å². The van der Waals surface area contributed by atoms with Crippen LogP contribution in [0.25, 0.3) is 0 Å². The van der Waals surface area contributed by atoms with Crippen LogP contribution in [0.5, 0.6) is 5.75 Å². The third-order valence-corrected chi connectivity index (χ3v) is 5.72. The zero-order chi connectivity index (χ0) is 18.7. The molecule has 0 saturated heterocycles. The van der Waals surface area contributed by atoms with Crippen LogP contribution in [0.1, 0.15) is 5.56 Å². The molecule has 3 rings (SSSR count). The average molecular weight is 485 g/mol. The predicted molar refractivity (Wildman–Crippen MR) is 107 cm³/mol. The number of carbonyl (C=O) groups is 1. The van der Waals surface area contributed by atoms with Crippen molar-refractivity contribution >= 4 is 50.0 Å². The number of amidine groups is 1. The van der Waals surface area contributed by atoms with Gasteiger partial charge in [-0.05, 0) is 64.9 Å². The Morgan fingerprint density at radius 2 is 2.08 bits per heavy atom. The van der Waals surface area contributed by atoms with Crippen LogP contribution in [0, 0.1) is 3.57 Å². The molecule has 0 fully saturated rings. The van der Waals surface area contributed by atoms with Gasteiger partial charge in [0.2, 0.25) is 5.84 Å². The molecule has 1 heterocycles. The molecule has 7 nitrogen and oxygen atoms in total. The Bertz CT molecular complexity index is 989. The van der Waals surface area contributed by atoms with Crippen molar-refractivity contribution in [3.8, 4) is 5.75 Å². The Balaban J connectivity index is 1.67. The van der Waals surface area contributed by atoms with Gasteiger partial charge in [0.25, 0.3) is 15.9 Å². The number of hydrogen-bond acceptors (Lipinski definition) is 5. The van der Waals surface area contributed by atoms with E-state index in [0.29, 0.717) is 18.7 Å². The first-order chi connectivity index (χ1) is 12.4. The topological polar surface area (TPSA) is 96.9 Å². The number of carbonyl (C=O) groups excluding carboxylic acids is 1. The summed E-state index contributed by atoms with van der Waals surface area (Å²) in [6.45, 7) is 0.340. The Kier molecular flexibility index (Phi) is 5.47. The van der Waals surface area contributed by atoms with Gasteiger partial charge in [-0.2, -0.15) is 8.42 Å². The van der Waals surface area contributed by atoms with E-state index in [4.69, 9.17) is 4.74 Å². The monoisotopic (exact) mass is 485 g/mol. The highest BCUT2D eigenvalue weighted by atomic mass is 127. The molecule has 2 aromatic rings. The molecule has 2 aromatic carbocycles. The predicted octanol–water partition coefficient (Wildman–Crippen LogP) is 2.17. The number of anilines is 1. The van der Waals surface area contributed by atoms with Crippen molar-refractivity contribution in [2.45, 2.75) is 11.3 Å². The maximum Gasteiger partial charge on any atom is 0.287 e. The highest BCUT2D eigenvalue weighted by Crippen LogP contribution is 2.28. The van der Waals surface area contributed by atoms with E-state index in [9.17, 15) is 13.2 Å². The number of nitrogens with zero attached hydrogens (tertiary/aromatic N) is 1. The second-order valence-electron chi connectivity index (χ2n) is 5.54. The van der Waals surface area contributed by atoms with Gasteiger partial charge < -0.3 is 15.4 Å². The van der Waals surface area contributed by atoms with E-state index >= 15 is 0 Å². The first kappa shape index (κ1) is 18.6. The van der Waals surface area contributed by atoms with Crippen LogP contribution in [-0.4, -0.2) is 33.8 Å². The summed E-state index contributed by atoms with van der Waals surface area (Å²) < 4.78 is 34.1. The number of amides is 1. The van der Waals surface area contributed by atoms with Gasteiger partial charge in [0.05, 0.1) is 12.8 Å². The summed E-state index contributed by atoms with van der Waals surface area (Å²) in [5.41, 5.74) is 1.34. The molecule has 136 valence electrons. The quantitative estimate of drug-likeness (QED) is 0.633. The molecule has 0 atom stereocenters. The zero-order valence-electron chi connectivity index (χ0n) is 13.8. The summed E-state index contributed by atoms with van der Waals surface area (Å²) in [6, 6.07) is 12.4. The van der Waals surface area contributed by atoms with Crippen molar-refractivity contribution < 1.29 is 17.9 Å². The molecule has 0 aromatic heterocycles. The molecular formula is C17H16IN3O4S. The van der Waals surface area contributed by atoms with Crippen LogP contribution in [-0.2, 0) is 21.2 Å². The maximum atomic E-state index is 12.3. The van der Waals surface area contributed by atoms with Gasteiger partial charge in [0.15, 0.2) is 0 Å². The molecule has 0 spiro atoms. The van der Waals surface area contributed by atoms with Gasteiger partial charge in [0, 0.05) is 10.1 Å². The second-order valence-corrected chi connectivity index (χ2v) is 8.36. The summed E-state index contributed by atoms with van der Waals surface area (Å²) in [4.78, 5) is 12.3. The van der Waals surface area contributed by atoms with Gasteiger partial charge >= 0.3 is 0 Å². The molecular weight excluding hydrogens is 469 g/mol. The third-order valence-electron chi connectivity index (χ3n) is 3.73. The average Bonchev–Trinajstić information content (AvgIpc) is 2.62. The van der Waals surface area contributed by atoms with Crippen LogP contribution < -0.4 is 15.4 Å². The van der Waals surface area contributed by atoms with Crippen LogP contribution in [0.15, 0.2) is 51.8 Å². The van der Waals surface area contributed by atoms with E-state index in [2.05, 4.69) is 15.0 Å². The van der Waals surface area contributed by atoms with Gasteiger partial charge in [-0.3, -0.25) is 4.79 Å². The first-order valence-electron chi connectivity index (χ1n) is 7.72. The number of methoxy groups -OCH3 is 1. The van der Waals surface area contributed by atoms with Crippen LogP contribution >= 0.6 is 22.6 Å². The number of benzene rings is 2. The lowest BCUT2D eigenvalue weighted by molar-refractivity contribution is -0.114. The van der Waals surface area contributed by atoms with Gasteiger partial charge in [0.1, 0.15) is 10.6 Å². The van der Waals surface area contributed by atoms with E-state index in [-0.39, 0.29) is 10.7 Å². The summed E-state index contributed by atoms with van der Waals surface area (Å²) in [5, 5.41) is 5.46. The number of halogens is 1. The Labute approximate surface area is 165 Å². The fraction of sp³-hybridized carbons (Fsp3) is 0.176. The molecule has 26 heavy (non-hydrogen) atoms. The van der Waals surface area contributed by atoms with E-state index in [1.165, 1.54) is 6.07 Å². The molecule has 0 bridgehead atoms. The number of nitrogens with one attached hydrogen (secondary N) is 2. The standard InChI is InChI=1S/C17H16IN3O4S/c1-25-13-4-2-3-11(9-13)7-8-19-17(22)16-20-14-6-5-12(18)10-15(14)26(23,24)21-16/h2-6,9-10H,7-8H2,1H3,(H,19,22)(H,20,21). The lowest BCUT2D eigenvalue weighted by Gasteiger charge is -2.18. The molecule has 0 aliphatic carbocycles. The van der Waals surface area contributed by atoms with Gasteiger partial charge in [-0.15, -0.1) is 4.40 Å². The first-order valence-corrected chi connectivity index (χ1v) is 10.2. The fourth-order valence-corrected chi connectivity index (χ4v) is 4.31. The van der Waals surface area contributed by atoms with Crippen molar-refractivity contribution in [3.05, 3.63) is 51.6 Å². The van der Waals surface area contributed by atoms with E-state index in [1.54, 1.807) is 19.2 Å². The van der Waals surface area contributed by atoms with E-state index in [1.807, 2.05) is 46.9 Å². The minimum atomic E-state index is -3.90. The third kappa shape index (κ3) is 4.15. The highest BCUT2D eigenvalue weighted by molar-refractivity contribution is 14.1. The van der Waals surface area contributed by atoms with E-state index < -0.39 is 15.9 Å². The lowest BCUT2D eigenvalue weighted by Crippen LogP contribution is -2.39.